The lowest BCUT2D eigenvalue weighted by Crippen LogP contribution is -2.16. The Kier molecular flexibility index (Phi) is 8.13. The minimum absolute atomic E-state index is 0.114. The summed E-state index contributed by atoms with van der Waals surface area (Å²) in [6.45, 7) is 4.72. The Bertz CT molecular complexity index is 3500. The maximum Gasteiger partial charge on any atom is 0.0467 e. The second kappa shape index (κ2) is 13.9. The van der Waals surface area contributed by atoms with Gasteiger partial charge in [0, 0.05) is 42.6 Å². The van der Waals surface area contributed by atoms with E-state index >= 15 is 0 Å². The molecule has 0 N–H and O–H groups in total. The highest BCUT2D eigenvalue weighted by Crippen LogP contribution is 2.52. The van der Waals surface area contributed by atoms with Crippen LogP contribution in [0, 0.1) is 0 Å². The molecule has 1 aliphatic carbocycles. The first-order chi connectivity index (χ1) is 30.0. The Morgan fingerprint density at radius 3 is 1.85 bits per heavy atom. The van der Waals surface area contributed by atoms with E-state index in [-0.39, 0.29) is 5.41 Å². The molecule has 0 saturated carbocycles. The summed E-state index contributed by atoms with van der Waals surface area (Å²) in [5.74, 6) is 0. The molecule has 288 valence electrons. The summed E-state index contributed by atoms with van der Waals surface area (Å²) in [4.78, 5) is 2.43. The van der Waals surface area contributed by atoms with Crippen LogP contribution in [0.15, 0.2) is 212 Å². The fourth-order valence-electron chi connectivity index (χ4n) is 10.1. The van der Waals surface area contributed by atoms with Gasteiger partial charge in [0.2, 0.25) is 0 Å². The van der Waals surface area contributed by atoms with Gasteiger partial charge >= 0.3 is 0 Å². The lowest BCUT2D eigenvalue weighted by atomic mass is 9.82. The Morgan fingerprint density at radius 2 is 1.00 bits per heavy atom. The van der Waals surface area contributed by atoms with Crippen molar-refractivity contribution in [3.63, 3.8) is 0 Å². The largest absolute Gasteiger partial charge is 0.310 e. The van der Waals surface area contributed by atoms with Crippen molar-refractivity contribution in [3.05, 3.63) is 223 Å². The maximum atomic E-state index is 2.43. The zero-order chi connectivity index (χ0) is 40.7. The molecule has 0 unspecified atom stereocenters. The zero-order valence-corrected chi connectivity index (χ0v) is 34.9. The molecule has 0 atom stereocenters. The Balaban J connectivity index is 1.06. The lowest BCUT2D eigenvalue weighted by molar-refractivity contribution is 0.660. The number of thiophene rings is 1. The number of benzene rings is 10. The van der Waals surface area contributed by atoms with Crippen molar-refractivity contribution in [1.29, 1.82) is 0 Å². The predicted molar refractivity (Wildman–Crippen MR) is 263 cm³/mol. The van der Waals surface area contributed by atoms with Gasteiger partial charge in [-0.25, -0.2) is 0 Å². The van der Waals surface area contributed by atoms with Crippen LogP contribution in [-0.4, -0.2) is 0 Å². The smallest absolute Gasteiger partial charge is 0.0467 e. The Labute approximate surface area is 360 Å². The number of anilines is 3. The van der Waals surface area contributed by atoms with E-state index in [2.05, 4.69) is 231 Å². The topological polar surface area (TPSA) is 3.24 Å². The number of nitrogens with zero attached hydrogens (tertiary/aromatic N) is 1. The molecule has 0 spiro atoms. The van der Waals surface area contributed by atoms with E-state index in [1.165, 1.54) is 97.4 Å². The summed E-state index contributed by atoms with van der Waals surface area (Å²) in [5.41, 5.74) is 16.0. The average Bonchev–Trinajstić information content (AvgIpc) is 3.81. The van der Waals surface area contributed by atoms with Gasteiger partial charge in [-0.3, -0.25) is 0 Å². The fraction of sp³-hybridized carbons (Fsp3) is 0.0508. The van der Waals surface area contributed by atoms with E-state index in [9.17, 15) is 0 Å². The first-order valence-electron chi connectivity index (χ1n) is 21.2. The van der Waals surface area contributed by atoms with Gasteiger partial charge in [-0.2, -0.15) is 0 Å². The van der Waals surface area contributed by atoms with Gasteiger partial charge in [0.25, 0.3) is 0 Å². The molecule has 61 heavy (non-hydrogen) atoms. The molecule has 0 amide bonds. The van der Waals surface area contributed by atoms with Crippen molar-refractivity contribution in [3.8, 4) is 44.5 Å². The van der Waals surface area contributed by atoms with E-state index in [1.54, 1.807) is 0 Å². The SMILES string of the molecule is CC1(C)c2ccccc2-c2ccc(N(c3ccc(-c4ccc5sc6ccccc6c5c4-c4cc5ccccc5c5ccccc45)cc3)c3cccc(-c4ccccc4)c3)cc21. The molecule has 0 aliphatic heterocycles. The second-order valence-electron chi connectivity index (χ2n) is 16.8. The van der Waals surface area contributed by atoms with Crippen molar-refractivity contribution in [2.75, 3.05) is 4.90 Å². The monoisotopic (exact) mass is 795 g/mol. The standard InChI is InChI=1S/C59H41NS/c1-59(2)53-25-12-10-23-49(53)50-32-31-44(37-54(50)59)60(43-19-14-18-40(35-43)38-15-4-3-5-16-38)42-29-27-39(28-30-42)46-33-34-56-58(51-24-11-13-26-55(51)61-56)57(46)52-36-41-17-6-7-20-45(41)47-21-8-9-22-48(47)52/h3-37H,1-2H3. The van der Waals surface area contributed by atoms with Crippen LogP contribution < -0.4 is 4.90 Å². The summed E-state index contributed by atoms with van der Waals surface area (Å²) in [6.07, 6.45) is 0. The molecular formula is C59H41NS. The van der Waals surface area contributed by atoms with Crippen LogP contribution in [0.2, 0.25) is 0 Å². The van der Waals surface area contributed by atoms with Crippen molar-refractivity contribution >= 4 is 70.1 Å². The summed E-state index contributed by atoms with van der Waals surface area (Å²) < 4.78 is 2.62. The van der Waals surface area contributed by atoms with Gasteiger partial charge in [0.05, 0.1) is 0 Å². The Hall–Kier alpha value is -7.26. The van der Waals surface area contributed by atoms with Crippen LogP contribution in [0.4, 0.5) is 17.1 Å². The van der Waals surface area contributed by atoms with Crippen LogP contribution in [0.1, 0.15) is 25.0 Å². The first kappa shape index (κ1) is 35.7. The third kappa shape index (κ3) is 5.67. The van der Waals surface area contributed by atoms with Crippen LogP contribution in [0.25, 0.3) is 86.2 Å². The molecule has 1 heterocycles. The molecule has 10 aromatic carbocycles. The van der Waals surface area contributed by atoms with Crippen molar-refractivity contribution in [2.24, 2.45) is 0 Å². The van der Waals surface area contributed by atoms with E-state index in [1.807, 2.05) is 11.3 Å². The van der Waals surface area contributed by atoms with E-state index in [0.717, 1.165) is 17.1 Å². The number of hydrogen-bond donors (Lipinski definition) is 0. The highest BCUT2D eigenvalue weighted by atomic mass is 32.1. The molecule has 0 radical (unpaired) electrons. The molecule has 2 heteroatoms. The molecule has 0 bridgehead atoms. The second-order valence-corrected chi connectivity index (χ2v) is 17.9. The summed E-state index contributed by atoms with van der Waals surface area (Å²) in [5, 5.41) is 7.71. The number of hydrogen-bond acceptors (Lipinski definition) is 2. The normalized spacial score (nSPS) is 12.9. The lowest BCUT2D eigenvalue weighted by Gasteiger charge is -2.28. The van der Waals surface area contributed by atoms with Crippen LogP contribution >= 0.6 is 11.3 Å². The van der Waals surface area contributed by atoms with Crippen LogP contribution in [-0.2, 0) is 5.41 Å². The molecular weight excluding hydrogens is 755 g/mol. The maximum absolute atomic E-state index is 2.43. The van der Waals surface area contributed by atoms with E-state index in [0.29, 0.717) is 0 Å². The van der Waals surface area contributed by atoms with Crippen molar-refractivity contribution in [1.82, 2.24) is 0 Å². The average molecular weight is 796 g/mol. The first-order valence-corrected chi connectivity index (χ1v) is 22.0. The number of rotatable bonds is 6. The summed E-state index contributed by atoms with van der Waals surface area (Å²) in [7, 11) is 0. The molecule has 1 aliphatic rings. The highest BCUT2D eigenvalue weighted by Gasteiger charge is 2.35. The van der Waals surface area contributed by atoms with Gasteiger partial charge in [-0.1, -0.05) is 172 Å². The third-order valence-corrected chi connectivity index (χ3v) is 14.2. The minimum Gasteiger partial charge on any atom is -0.310 e. The zero-order valence-electron chi connectivity index (χ0n) is 34.1. The van der Waals surface area contributed by atoms with E-state index in [4.69, 9.17) is 0 Å². The van der Waals surface area contributed by atoms with Gasteiger partial charge in [0.15, 0.2) is 0 Å². The highest BCUT2D eigenvalue weighted by molar-refractivity contribution is 7.26. The fourth-order valence-corrected chi connectivity index (χ4v) is 11.2. The van der Waals surface area contributed by atoms with Gasteiger partial charge in [0.1, 0.15) is 0 Å². The van der Waals surface area contributed by atoms with Gasteiger partial charge in [-0.05, 0) is 132 Å². The molecule has 11 aromatic rings. The quantitative estimate of drug-likeness (QED) is 0.152. The molecule has 12 rings (SSSR count). The van der Waals surface area contributed by atoms with Crippen molar-refractivity contribution < 1.29 is 0 Å². The number of fused-ring (bicyclic) bond motifs is 9. The van der Waals surface area contributed by atoms with Crippen molar-refractivity contribution in [2.45, 2.75) is 19.3 Å². The summed E-state index contributed by atoms with van der Waals surface area (Å²) >= 11 is 1.88. The molecule has 0 fully saturated rings. The van der Waals surface area contributed by atoms with E-state index < -0.39 is 0 Å². The third-order valence-electron chi connectivity index (χ3n) is 13.1. The van der Waals surface area contributed by atoms with Crippen LogP contribution in [0.3, 0.4) is 0 Å². The van der Waals surface area contributed by atoms with Gasteiger partial charge in [-0.15, -0.1) is 11.3 Å². The predicted octanol–water partition coefficient (Wildman–Crippen LogP) is 17.1. The Morgan fingerprint density at radius 1 is 0.361 bits per heavy atom. The minimum atomic E-state index is -0.114. The molecule has 1 nitrogen and oxygen atoms in total. The molecule has 0 saturated heterocycles. The van der Waals surface area contributed by atoms with Gasteiger partial charge < -0.3 is 4.90 Å². The van der Waals surface area contributed by atoms with Crippen LogP contribution in [0.5, 0.6) is 0 Å². The summed E-state index contributed by atoms with van der Waals surface area (Å²) in [6, 6.07) is 78.7. The molecule has 1 aromatic heterocycles.